The van der Waals surface area contributed by atoms with Gasteiger partial charge < -0.3 is 36.2 Å². The van der Waals surface area contributed by atoms with Crippen LogP contribution < -0.4 is 32.6 Å². The second-order valence-electron chi connectivity index (χ2n) is 11.8. The summed E-state index contributed by atoms with van der Waals surface area (Å²) in [7, 11) is 0. The van der Waals surface area contributed by atoms with E-state index in [0.717, 1.165) is 17.4 Å². The molecule has 6 N–H and O–H groups in total. The highest BCUT2D eigenvalue weighted by atomic mass is 16.5. The monoisotopic (exact) mass is 615 g/mol. The zero-order valence-electron chi connectivity index (χ0n) is 26.8. The van der Waals surface area contributed by atoms with Crippen molar-refractivity contribution in [2.75, 3.05) is 18.5 Å². The molecule has 0 aliphatic rings. The number of aryl methyl sites for hydroxylation is 1. The van der Waals surface area contributed by atoms with Gasteiger partial charge in [0, 0.05) is 23.2 Å². The first-order chi connectivity index (χ1) is 20.9. The molecule has 244 valence electrons. The van der Waals surface area contributed by atoms with Crippen LogP contribution in [0.2, 0.25) is 0 Å². The fourth-order valence-corrected chi connectivity index (χ4v) is 4.64. The SMILES string of the molecule is CCCCOC(=O)N[C@H](C(=O)N[C@@H](CC(C)C)C(=O)N[C@@H](CCCCN)C(=O)Nc1ccc2c(C)cc(=O)oc2c1)C(C)C. The van der Waals surface area contributed by atoms with Crippen molar-refractivity contribution >= 4 is 40.5 Å². The van der Waals surface area contributed by atoms with E-state index in [1.165, 1.54) is 6.07 Å². The van der Waals surface area contributed by atoms with Gasteiger partial charge in [-0.2, -0.15) is 0 Å². The van der Waals surface area contributed by atoms with Crippen LogP contribution in [0.1, 0.15) is 78.7 Å². The minimum absolute atomic E-state index is 0.0377. The van der Waals surface area contributed by atoms with Gasteiger partial charge in [-0.15, -0.1) is 0 Å². The van der Waals surface area contributed by atoms with E-state index in [1.54, 1.807) is 39.0 Å². The van der Waals surface area contributed by atoms with Crippen LogP contribution in [0.5, 0.6) is 0 Å². The smallest absolute Gasteiger partial charge is 0.407 e. The number of carbonyl (C=O) groups is 4. The zero-order valence-corrected chi connectivity index (χ0v) is 26.8. The first-order valence-corrected chi connectivity index (χ1v) is 15.5. The minimum atomic E-state index is -0.954. The van der Waals surface area contributed by atoms with E-state index >= 15 is 0 Å². The maximum atomic E-state index is 13.6. The van der Waals surface area contributed by atoms with E-state index in [1.807, 2.05) is 20.8 Å². The van der Waals surface area contributed by atoms with Crippen molar-refractivity contribution in [1.82, 2.24) is 16.0 Å². The predicted octanol–water partition coefficient (Wildman–Crippen LogP) is 3.74. The molecule has 1 aromatic heterocycles. The molecule has 1 aromatic carbocycles. The van der Waals surface area contributed by atoms with Crippen molar-refractivity contribution in [2.24, 2.45) is 17.6 Å². The standard InChI is InChI=1S/C32H49N5O7/c1-7-8-15-43-32(42)37-28(20(4)5)31(41)36-25(16-19(2)3)30(40)35-24(11-9-10-14-33)29(39)34-22-12-13-23-21(6)17-27(38)44-26(23)18-22/h12-13,17-20,24-25,28H,7-11,14-16,33H2,1-6H3,(H,34,39)(H,35,40)(H,36,41)(H,37,42)/t24-,25-,28-/m0/s1. The van der Waals surface area contributed by atoms with Crippen LogP contribution >= 0.6 is 0 Å². The number of hydrogen-bond donors (Lipinski definition) is 5. The molecule has 2 aromatic rings. The Balaban J connectivity index is 2.21. The van der Waals surface area contributed by atoms with E-state index < -0.39 is 47.6 Å². The van der Waals surface area contributed by atoms with E-state index in [-0.39, 0.29) is 18.4 Å². The van der Waals surface area contributed by atoms with E-state index in [2.05, 4.69) is 21.3 Å². The third kappa shape index (κ3) is 11.6. The lowest BCUT2D eigenvalue weighted by Crippen LogP contribution is -2.57. The molecule has 4 amide bonds. The molecular formula is C32H49N5O7. The van der Waals surface area contributed by atoms with Gasteiger partial charge in [0.1, 0.15) is 23.7 Å². The van der Waals surface area contributed by atoms with Crippen LogP contribution in [0.25, 0.3) is 11.0 Å². The minimum Gasteiger partial charge on any atom is -0.450 e. The first kappa shape index (κ1) is 36.3. The molecule has 0 saturated heterocycles. The fraction of sp³-hybridized carbons (Fsp3) is 0.594. The molecule has 0 spiro atoms. The number of rotatable bonds is 17. The number of anilines is 1. The third-order valence-electron chi connectivity index (χ3n) is 7.09. The van der Waals surface area contributed by atoms with Gasteiger partial charge in [-0.25, -0.2) is 9.59 Å². The number of hydrogen-bond acceptors (Lipinski definition) is 8. The summed E-state index contributed by atoms with van der Waals surface area (Å²) in [6.45, 7) is 11.8. The maximum absolute atomic E-state index is 13.6. The highest BCUT2D eigenvalue weighted by Crippen LogP contribution is 2.21. The maximum Gasteiger partial charge on any atom is 0.407 e. The van der Waals surface area contributed by atoms with Crippen LogP contribution in [0.3, 0.4) is 0 Å². The van der Waals surface area contributed by atoms with Gasteiger partial charge >= 0.3 is 11.7 Å². The Kier molecular flexibility index (Phi) is 14.8. The van der Waals surface area contributed by atoms with Crippen molar-refractivity contribution in [3.05, 3.63) is 40.2 Å². The van der Waals surface area contributed by atoms with Crippen LogP contribution in [0, 0.1) is 18.8 Å². The van der Waals surface area contributed by atoms with Gasteiger partial charge in [0.15, 0.2) is 0 Å². The largest absolute Gasteiger partial charge is 0.450 e. The predicted molar refractivity (Wildman–Crippen MR) is 170 cm³/mol. The van der Waals surface area contributed by atoms with E-state index in [9.17, 15) is 24.0 Å². The summed E-state index contributed by atoms with van der Waals surface area (Å²) in [5.74, 6) is -1.74. The molecular weight excluding hydrogens is 566 g/mol. The molecule has 0 aliphatic carbocycles. The number of carbonyl (C=O) groups excluding carboxylic acids is 4. The summed E-state index contributed by atoms with van der Waals surface area (Å²) in [6, 6.07) is 3.60. The number of ether oxygens (including phenoxy) is 1. The number of nitrogens with two attached hydrogens (primary N) is 1. The number of unbranched alkanes of at least 4 members (excludes halogenated alkanes) is 2. The van der Waals surface area contributed by atoms with E-state index in [4.69, 9.17) is 14.9 Å². The fourth-order valence-electron chi connectivity index (χ4n) is 4.64. The molecule has 12 nitrogen and oxygen atoms in total. The second-order valence-corrected chi connectivity index (χ2v) is 11.8. The lowest BCUT2D eigenvalue weighted by Gasteiger charge is -2.27. The molecule has 3 atom stereocenters. The molecule has 12 heteroatoms. The van der Waals surface area contributed by atoms with Gasteiger partial charge in [0.05, 0.1) is 6.61 Å². The molecule has 1 heterocycles. The van der Waals surface area contributed by atoms with Crippen molar-refractivity contribution < 1.29 is 28.3 Å². The number of fused-ring (bicyclic) bond motifs is 1. The number of benzene rings is 1. The number of nitrogens with one attached hydrogen (secondary N) is 4. The Morgan fingerprint density at radius 2 is 1.61 bits per heavy atom. The Bertz CT molecular complexity index is 1320. The number of amides is 4. The van der Waals surface area contributed by atoms with Crippen molar-refractivity contribution in [1.29, 1.82) is 0 Å². The Morgan fingerprint density at radius 1 is 0.909 bits per heavy atom. The first-order valence-electron chi connectivity index (χ1n) is 15.5. The van der Waals surface area contributed by atoms with Crippen molar-refractivity contribution in [3.8, 4) is 0 Å². The van der Waals surface area contributed by atoms with Gasteiger partial charge in [-0.05, 0) is 75.1 Å². The molecule has 0 saturated carbocycles. The lowest BCUT2D eigenvalue weighted by molar-refractivity contribution is -0.132. The average molecular weight is 616 g/mol. The Hall–Kier alpha value is -3.93. The molecule has 44 heavy (non-hydrogen) atoms. The summed E-state index contributed by atoms with van der Waals surface area (Å²) >= 11 is 0. The average Bonchev–Trinajstić information content (AvgIpc) is 2.94. The van der Waals surface area contributed by atoms with E-state index in [0.29, 0.717) is 49.9 Å². The van der Waals surface area contributed by atoms with Gasteiger partial charge in [-0.1, -0.05) is 41.0 Å². The van der Waals surface area contributed by atoms with Crippen molar-refractivity contribution in [3.63, 3.8) is 0 Å². The topological polar surface area (TPSA) is 182 Å². The second kappa shape index (κ2) is 18.0. The third-order valence-corrected chi connectivity index (χ3v) is 7.09. The lowest BCUT2D eigenvalue weighted by atomic mass is 9.99. The number of alkyl carbamates (subject to hydrolysis) is 1. The summed E-state index contributed by atoms with van der Waals surface area (Å²) < 4.78 is 10.5. The van der Waals surface area contributed by atoms with Gasteiger partial charge in [0.25, 0.3) is 0 Å². The quantitative estimate of drug-likeness (QED) is 0.132. The Morgan fingerprint density at radius 3 is 2.25 bits per heavy atom. The van der Waals surface area contributed by atoms with Crippen LogP contribution in [-0.4, -0.2) is 55.1 Å². The molecule has 0 unspecified atom stereocenters. The molecule has 0 aliphatic heterocycles. The summed E-state index contributed by atoms with van der Waals surface area (Å²) in [5.41, 5.74) is 6.65. The molecule has 0 bridgehead atoms. The zero-order chi connectivity index (χ0) is 32.8. The molecule has 0 fully saturated rings. The molecule has 2 rings (SSSR count). The Labute approximate surface area is 259 Å². The van der Waals surface area contributed by atoms with Crippen LogP contribution in [0.15, 0.2) is 33.5 Å². The van der Waals surface area contributed by atoms with Gasteiger partial charge in [-0.3, -0.25) is 14.4 Å². The summed E-state index contributed by atoms with van der Waals surface area (Å²) in [6.07, 6.45) is 2.74. The highest BCUT2D eigenvalue weighted by molar-refractivity contribution is 6.00. The molecule has 0 radical (unpaired) electrons. The highest BCUT2D eigenvalue weighted by Gasteiger charge is 2.31. The van der Waals surface area contributed by atoms with Crippen molar-refractivity contribution in [2.45, 2.75) is 98.2 Å². The van der Waals surface area contributed by atoms with Crippen LogP contribution in [0.4, 0.5) is 10.5 Å². The van der Waals surface area contributed by atoms with Crippen LogP contribution in [-0.2, 0) is 19.1 Å². The van der Waals surface area contributed by atoms with Gasteiger partial charge in [0.2, 0.25) is 17.7 Å². The summed E-state index contributed by atoms with van der Waals surface area (Å²) in [4.78, 5) is 64.4. The normalized spacial score (nSPS) is 13.3. The summed E-state index contributed by atoms with van der Waals surface area (Å²) in [5, 5.41) is 11.7.